The molecule has 6 heteroatoms. The molecule has 2 amide bonds. The number of carbonyl (C=O) groups is 2. The molecule has 2 rings (SSSR count). The first-order chi connectivity index (χ1) is 9.97. The first-order valence-electron chi connectivity index (χ1n) is 6.97. The van der Waals surface area contributed by atoms with E-state index in [4.69, 9.17) is 16.7 Å². The molecule has 1 unspecified atom stereocenters. The summed E-state index contributed by atoms with van der Waals surface area (Å²) in [5.41, 5.74) is 1.11. The van der Waals surface area contributed by atoms with Crippen molar-refractivity contribution in [3.63, 3.8) is 0 Å². The number of halogens is 1. The van der Waals surface area contributed by atoms with Gasteiger partial charge in [0.15, 0.2) is 0 Å². The summed E-state index contributed by atoms with van der Waals surface area (Å²) in [4.78, 5) is 24.3. The summed E-state index contributed by atoms with van der Waals surface area (Å²) >= 11 is 5.81. The van der Waals surface area contributed by atoms with Gasteiger partial charge in [0.25, 0.3) is 0 Å². The lowest BCUT2D eigenvalue weighted by molar-refractivity contribution is -0.144. The molecule has 0 aromatic heterocycles. The van der Waals surface area contributed by atoms with Gasteiger partial charge in [0, 0.05) is 30.6 Å². The van der Waals surface area contributed by atoms with Gasteiger partial charge in [0.1, 0.15) is 0 Å². The Morgan fingerprint density at radius 2 is 2.00 bits per heavy atom. The molecule has 5 nitrogen and oxygen atoms in total. The van der Waals surface area contributed by atoms with Crippen molar-refractivity contribution in [2.75, 3.05) is 19.6 Å². The van der Waals surface area contributed by atoms with Crippen LogP contribution in [0.2, 0.25) is 5.02 Å². The summed E-state index contributed by atoms with van der Waals surface area (Å²) < 4.78 is 0. The van der Waals surface area contributed by atoms with Gasteiger partial charge in [0.2, 0.25) is 0 Å². The molecule has 1 heterocycles. The van der Waals surface area contributed by atoms with Crippen LogP contribution >= 0.6 is 11.6 Å². The molecule has 0 aliphatic carbocycles. The van der Waals surface area contributed by atoms with Gasteiger partial charge in [-0.25, -0.2) is 4.79 Å². The molecule has 2 N–H and O–H groups in total. The number of amides is 2. The number of urea groups is 1. The lowest BCUT2D eigenvalue weighted by atomic mass is 9.87. The van der Waals surface area contributed by atoms with Gasteiger partial charge in [-0.2, -0.15) is 0 Å². The van der Waals surface area contributed by atoms with Crippen molar-refractivity contribution >= 4 is 23.6 Å². The van der Waals surface area contributed by atoms with Crippen LogP contribution in [0.15, 0.2) is 24.3 Å². The smallest absolute Gasteiger partial charge is 0.317 e. The van der Waals surface area contributed by atoms with E-state index >= 15 is 0 Å². The monoisotopic (exact) mass is 310 g/mol. The molecule has 0 radical (unpaired) electrons. The van der Waals surface area contributed by atoms with E-state index in [-0.39, 0.29) is 11.9 Å². The fraction of sp³-hybridized carbons (Fsp3) is 0.467. The SMILES string of the molecule is CC(C(=O)O)C1CN(C(=O)NCCc2ccc(Cl)cc2)C1. The van der Waals surface area contributed by atoms with Crippen LogP contribution in [0, 0.1) is 11.8 Å². The predicted octanol–water partition coefficient (Wildman–Crippen LogP) is 2.24. The Balaban J connectivity index is 1.67. The summed E-state index contributed by atoms with van der Waals surface area (Å²) in [5.74, 6) is -1.14. The van der Waals surface area contributed by atoms with Crippen LogP contribution in [0.25, 0.3) is 0 Å². The Bertz CT molecular complexity index is 512. The van der Waals surface area contributed by atoms with E-state index in [9.17, 15) is 9.59 Å². The van der Waals surface area contributed by atoms with E-state index in [1.165, 1.54) is 0 Å². The maximum absolute atomic E-state index is 11.9. The third-order valence-electron chi connectivity index (χ3n) is 3.90. The second-order valence-electron chi connectivity index (χ2n) is 5.40. The Morgan fingerprint density at radius 1 is 1.38 bits per heavy atom. The number of carbonyl (C=O) groups excluding carboxylic acids is 1. The topological polar surface area (TPSA) is 69.6 Å². The molecule has 0 spiro atoms. The maximum Gasteiger partial charge on any atom is 0.317 e. The van der Waals surface area contributed by atoms with Gasteiger partial charge in [-0.05, 0) is 24.1 Å². The van der Waals surface area contributed by atoms with E-state index in [1.807, 2.05) is 24.3 Å². The zero-order valence-corrected chi connectivity index (χ0v) is 12.6. The summed E-state index contributed by atoms with van der Waals surface area (Å²) in [7, 11) is 0. The number of rotatable bonds is 5. The molecule has 1 fully saturated rings. The van der Waals surface area contributed by atoms with Crippen molar-refractivity contribution in [1.29, 1.82) is 0 Å². The minimum absolute atomic E-state index is 0.0597. The number of nitrogens with zero attached hydrogens (tertiary/aromatic N) is 1. The number of hydrogen-bond donors (Lipinski definition) is 2. The highest BCUT2D eigenvalue weighted by molar-refractivity contribution is 6.30. The number of nitrogens with one attached hydrogen (secondary N) is 1. The van der Waals surface area contributed by atoms with Gasteiger partial charge in [0.05, 0.1) is 5.92 Å². The maximum atomic E-state index is 11.9. The van der Waals surface area contributed by atoms with Gasteiger partial charge < -0.3 is 15.3 Å². The van der Waals surface area contributed by atoms with Crippen molar-refractivity contribution in [3.8, 4) is 0 Å². The second kappa shape index (κ2) is 6.80. The standard InChI is InChI=1S/C15H19ClN2O3/c1-10(14(19)20)12-8-18(9-12)15(21)17-7-6-11-2-4-13(16)5-3-11/h2-5,10,12H,6-9H2,1H3,(H,17,21)(H,19,20). The molecule has 0 bridgehead atoms. The van der Waals surface area contributed by atoms with Crippen LogP contribution in [-0.4, -0.2) is 41.6 Å². The third kappa shape index (κ3) is 4.11. The summed E-state index contributed by atoms with van der Waals surface area (Å²) in [6.45, 7) is 3.26. The molecule has 1 aromatic rings. The normalized spacial score (nSPS) is 16.2. The molecular formula is C15H19ClN2O3. The fourth-order valence-electron chi connectivity index (χ4n) is 2.27. The highest BCUT2D eigenvalue weighted by Crippen LogP contribution is 2.23. The van der Waals surface area contributed by atoms with Crippen LogP contribution in [0.5, 0.6) is 0 Å². The summed E-state index contributed by atoms with van der Waals surface area (Å²) in [6.07, 6.45) is 0.742. The van der Waals surface area contributed by atoms with E-state index in [1.54, 1.807) is 11.8 Å². The predicted molar refractivity (Wildman–Crippen MR) is 80.4 cm³/mol. The summed E-state index contributed by atoms with van der Waals surface area (Å²) in [6, 6.07) is 7.39. The van der Waals surface area contributed by atoms with Crippen LogP contribution in [0.3, 0.4) is 0 Å². The van der Waals surface area contributed by atoms with E-state index < -0.39 is 11.9 Å². The Morgan fingerprint density at radius 3 is 2.57 bits per heavy atom. The Hall–Kier alpha value is -1.75. The Labute approximate surface area is 128 Å². The molecule has 1 atom stereocenters. The number of hydrogen-bond acceptors (Lipinski definition) is 2. The molecule has 1 aliphatic heterocycles. The van der Waals surface area contributed by atoms with Gasteiger partial charge in [-0.3, -0.25) is 4.79 Å². The first-order valence-corrected chi connectivity index (χ1v) is 7.35. The van der Waals surface area contributed by atoms with Gasteiger partial charge in [-0.15, -0.1) is 0 Å². The first kappa shape index (κ1) is 15.6. The number of aliphatic carboxylic acids is 1. The zero-order chi connectivity index (χ0) is 15.4. The highest BCUT2D eigenvalue weighted by atomic mass is 35.5. The average Bonchev–Trinajstić information content (AvgIpc) is 2.39. The van der Waals surface area contributed by atoms with Crippen LogP contribution < -0.4 is 5.32 Å². The Kier molecular flexibility index (Phi) is 5.07. The van der Waals surface area contributed by atoms with Crippen LogP contribution in [0.1, 0.15) is 12.5 Å². The van der Waals surface area contributed by atoms with E-state index in [2.05, 4.69) is 5.32 Å². The lowest BCUT2D eigenvalue weighted by Gasteiger charge is -2.41. The molecular weight excluding hydrogens is 292 g/mol. The third-order valence-corrected chi connectivity index (χ3v) is 4.15. The van der Waals surface area contributed by atoms with Gasteiger partial charge >= 0.3 is 12.0 Å². The number of likely N-dealkylation sites (tertiary alicyclic amines) is 1. The average molecular weight is 311 g/mol. The molecule has 1 aromatic carbocycles. The number of benzene rings is 1. The minimum atomic E-state index is -0.803. The number of carboxylic acids is 1. The van der Waals surface area contributed by atoms with Crippen LogP contribution in [0.4, 0.5) is 4.79 Å². The molecule has 1 aliphatic rings. The highest BCUT2D eigenvalue weighted by Gasteiger charge is 2.36. The van der Waals surface area contributed by atoms with E-state index in [0.717, 1.165) is 12.0 Å². The van der Waals surface area contributed by atoms with Crippen LogP contribution in [-0.2, 0) is 11.2 Å². The van der Waals surface area contributed by atoms with Gasteiger partial charge in [-0.1, -0.05) is 30.7 Å². The number of carboxylic acid groups (broad SMARTS) is 1. The second-order valence-corrected chi connectivity index (χ2v) is 5.84. The summed E-state index contributed by atoms with van der Waals surface area (Å²) in [5, 5.41) is 12.4. The van der Waals surface area contributed by atoms with E-state index in [0.29, 0.717) is 24.7 Å². The van der Waals surface area contributed by atoms with Crippen molar-refractivity contribution < 1.29 is 14.7 Å². The van der Waals surface area contributed by atoms with Crippen molar-refractivity contribution in [2.24, 2.45) is 11.8 Å². The molecule has 21 heavy (non-hydrogen) atoms. The quantitative estimate of drug-likeness (QED) is 0.876. The van der Waals surface area contributed by atoms with Crippen molar-refractivity contribution in [1.82, 2.24) is 10.2 Å². The lowest BCUT2D eigenvalue weighted by Crippen LogP contribution is -2.56. The molecule has 114 valence electrons. The minimum Gasteiger partial charge on any atom is -0.481 e. The molecule has 0 saturated carbocycles. The van der Waals surface area contributed by atoms with Crippen molar-refractivity contribution in [3.05, 3.63) is 34.9 Å². The fourth-order valence-corrected chi connectivity index (χ4v) is 2.40. The molecule has 1 saturated heterocycles. The largest absolute Gasteiger partial charge is 0.481 e. The van der Waals surface area contributed by atoms with Crippen molar-refractivity contribution in [2.45, 2.75) is 13.3 Å². The zero-order valence-electron chi connectivity index (χ0n) is 11.9.